The average molecular weight is 413 g/mol. The number of nitrogens with two attached hydrogens (primary N) is 1. The van der Waals surface area contributed by atoms with Crippen molar-refractivity contribution in [1.29, 1.82) is 0 Å². The third-order valence-corrected chi connectivity index (χ3v) is 5.01. The number of carbonyl (C=O) groups excluding carboxylic acids is 3. The van der Waals surface area contributed by atoms with Gasteiger partial charge >= 0.3 is 5.97 Å². The van der Waals surface area contributed by atoms with Crippen LogP contribution in [0.1, 0.15) is 17.5 Å². The lowest BCUT2D eigenvalue weighted by molar-refractivity contribution is -0.140. The lowest BCUT2D eigenvalue weighted by atomic mass is 9.96. The molecule has 2 amide bonds. The lowest BCUT2D eigenvalue weighted by Gasteiger charge is -2.34. The SMILES string of the molecule is COC(=O)CN1C(=O)C(NC(=O)C[C@H](N)Cc2ccccc2F)Cc2ccccc21. The predicted octanol–water partition coefficient (Wildman–Crippen LogP) is 1.33. The van der Waals surface area contributed by atoms with E-state index in [1.54, 1.807) is 30.3 Å². The van der Waals surface area contributed by atoms with Gasteiger partial charge in [0.1, 0.15) is 18.4 Å². The summed E-state index contributed by atoms with van der Waals surface area (Å²) < 4.78 is 18.5. The third kappa shape index (κ3) is 5.01. The molecule has 1 heterocycles. The molecule has 0 spiro atoms. The number of hydrogen-bond donors (Lipinski definition) is 2. The fourth-order valence-corrected chi connectivity index (χ4v) is 3.54. The van der Waals surface area contributed by atoms with Crippen LogP contribution in [0.3, 0.4) is 0 Å². The van der Waals surface area contributed by atoms with Crippen LogP contribution in [0, 0.1) is 5.82 Å². The molecule has 1 aliphatic rings. The van der Waals surface area contributed by atoms with Crippen molar-refractivity contribution in [3.8, 4) is 0 Å². The molecule has 8 heteroatoms. The maximum atomic E-state index is 13.8. The Hall–Kier alpha value is -3.26. The van der Waals surface area contributed by atoms with Gasteiger partial charge in [0.25, 0.3) is 0 Å². The smallest absolute Gasteiger partial charge is 0.325 e. The molecule has 0 fully saturated rings. The van der Waals surface area contributed by atoms with Crippen LogP contribution < -0.4 is 16.0 Å². The van der Waals surface area contributed by atoms with E-state index in [1.165, 1.54) is 18.1 Å². The number of nitrogens with one attached hydrogen (secondary N) is 1. The molecule has 3 N–H and O–H groups in total. The van der Waals surface area contributed by atoms with Crippen molar-refractivity contribution in [3.05, 3.63) is 65.5 Å². The van der Waals surface area contributed by atoms with Crippen molar-refractivity contribution in [1.82, 2.24) is 5.32 Å². The number of para-hydroxylation sites is 1. The highest BCUT2D eigenvalue weighted by molar-refractivity contribution is 6.04. The molecule has 2 aromatic rings. The van der Waals surface area contributed by atoms with E-state index in [0.717, 1.165) is 5.56 Å². The first-order valence-electron chi connectivity index (χ1n) is 9.63. The van der Waals surface area contributed by atoms with Crippen LogP contribution in [0.2, 0.25) is 0 Å². The Bertz CT molecular complexity index is 949. The Kier molecular flexibility index (Phi) is 6.79. The standard InChI is InChI=1S/C22H24FN3O4/c1-30-21(28)13-26-19-9-5-3-7-15(19)11-18(22(26)29)25-20(27)12-16(24)10-14-6-2-4-8-17(14)23/h2-9,16,18H,10-13,24H2,1H3,(H,25,27)/t16-,18?/m1/s1. The Morgan fingerprint density at radius 1 is 1.23 bits per heavy atom. The van der Waals surface area contributed by atoms with Crippen LogP contribution in [0.25, 0.3) is 0 Å². The summed E-state index contributed by atoms with van der Waals surface area (Å²) in [5.74, 6) is -1.73. The van der Waals surface area contributed by atoms with Crippen molar-refractivity contribution >= 4 is 23.5 Å². The number of fused-ring (bicyclic) bond motifs is 1. The number of benzene rings is 2. The Balaban J connectivity index is 1.66. The Morgan fingerprint density at radius 3 is 2.67 bits per heavy atom. The van der Waals surface area contributed by atoms with Crippen LogP contribution in [-0.2, 0) is 32.0 Å². The van der Waals surface area contributed by atoms with Crippen molar-refractivity contribution in [3.63, 3.8) is 0 Å². The molecule has 0 radical (unpaired) electrons. The fraction of sp³-hybridized carbons (Fsp3) is 0.318. The summed E-state index contributed by atoms with van der Waals surface area (Å²) >= 11 is 0. The van der Waals surface area contributed by atoms with Gasteiger partial charge in [-0.3, -0.25) is 19.3 Å². The number of nitrogens with zero attached hydrogens (tertiary/aromatic N) is 1. The van der Waals surface area contributed by atoms with Crippen LogP contribution in [0.15, 0.2) is 48.5 Å². The summed E-state index contributed by atoms with van der Waals surface area (Å²) in [7, 11) is 1.25. The summed E-state index contributed by atoms with van der Waals surface area (Å²) in [6.07, 6.45) is 0.452. The molecular weight excluding hydrogens is 389 g/mol. The Labute approximate surface area is 174 Å². The molecule has 0 aromatic heterocycles. The van der Waals surface area contributed by atoms with Gasteiger partial charge < -0.3 is 15.8 Å². The first kappa shape index (κ1) is 21.4. The van der Waals surface area contributed by atoms with E-state index in [4.69, 9.17) is 5.73 Å². The lowest BCUT2D eigenvalue weighted by Crippen LogP contribution is -2.54. The minimum absolute atomic E-state index is 0.0588. The van der Waals surface area contributed by atoms with Gasteiger partial charge in [-0.15, -0.1) is 0 Å². The van der Waals surface area contributed by atoms with Crippen LogP contribution in [0.4, 0.5) is 10.1 Å². The highest BCUT2D eigenvalue weighted by Crippen LogP contribution is 2.27. The van der Waals surface area contributed by atoms with Crippen LogP contribution in [-0.4, -0.2) is 43.5 Å². The zero-order chi connectivity index (χ0) is 21.7. The minimum atomic E-state index is -0.822. The molecule has 0 saturated carbocycles. The number of halogens is 1. The van der Waals surface area contributed by atoms with Gasteiger partial charge in [-0.25, -0.2) is 4.39 Å². The van der Waals surface area contributed by atoms with Gasteiger partial charge in [-0.1, -0.05) is 36.4 Å². The summed E-state index contributed by atoms with van der Waals surface area (Å²) in [6.45, 7) is -0.245. The second kappa shape index (κ2) is 9.49. The molecular formula is C22H24FN3O4. The third-order valence-electron chi connectivity index (χ3n) is 5.01. The number of hydrogen-bond acceptors (Lipinski definition) is 5. The molecule has 158 valence electrons. The van der Waals surface area contributed by atoms with Gasteiger partial charge in [0.15, 0.2) is 0 Å². The maximum absolute atomic E-state index is 13.8. The van der Waals surface area contributed by atoms with Crippen LogP contribution in [0.5, 0.6) is 0 Å². The molecule has 0 saturated heterocycles. The van der Waals surface area contributed by atoms with Crippen molar-refractivity contribution in [2.24, 2.45) is 5.73 Å². The number of rotatable bonds is 7. The van der Waals surface area contributed by atoms with Crippen molar-refractivity contribution < 1.29 is 23.5 Å². The number of ether oxygens (including phenoxy) is 1. The monoisotopic (exact) mass is 413 g/mol. The largest absolute Gasteiger partial charge is 0.468 e. The molecule has 2 aromatic carbocycles. The van der Waals surface area contributed by atoms with Gasteiger partial charge in [0.2, 0.25) is 11.8 Å². The molecule has 2 atom stereocenters. The van der Waals surface area contributed by atoms with Gasteiger partial charge in [0, 0.05) is 24.6 Å². The molecule has 0 aliphatic carbocycles. The normalized spacial score (nSPS) is 16.6. The molecule has 1 aliphatic heterocycles. The first-order valence-corrected chi connectivity index (χ1v) is 9.63. The quantitative estimate of drug-likeness (QED) is 0.667. The molecule has 3 rings (SSSR count). The number of carbonyl (C=O) groups is 3. The van der Waals surface area contributed by atoms with Gasteiger partial charge in [-0.05, 0) is 29.7 Å². The zero-order valence-electron chi connectivity index (χ0n) is 16.6. The topological polar surface area (TPSA) is 102 Å². The second-order valence-electron chi connectivity index (χ2n) is 7.21. The highest BCUT2D eigenvalue weighted by atomic mass is 19.1. The Morgan fingerprint density at radius 2 is 1.93 bits per heavy atom. The van der Waals surface area contributed by atoms with E-state index in [0.29, 0.717) is 17.7 Å². The number of amides is 2. The van der Waals surface area contributed by atoms with E-state index >= 15 is 0 Å². The van der Waals surface area contributed by atoms with E-state index in [9.17, 15) is 18.8 Å². The molecule has 30 heavy (non-hydrogen) atoms. The van der Waals surface area contributed by atoms with Crippen molar-refractivity contribution in [2.75, 3.05) is 18.6 Å². The minimum Gasteiger partial charge on any atom is -0.468 e. The number of methoxy groups -OCH3 is 1. The van der Waals surface area contributed by atoms with Gasteiger partial charge in [-0.2, -0.15) is 0 Å². The number of esters is 1. The highest BCUT2D eigenvalue weighted by Gasteiger charge is 2.35. The summed E-state index contributed by atoms with van der Waals surface area (Å²) in [5.41, 5.74) is 7.91. The fourth-order valence-electron chi connectivity index (χ4n) is 3.54. The maximum Gasteiger partial charge on any atom is 0.325 e. The molecule has 0 bridgehead atoms. The first-order chi connectivity index (χ1) is 14.4. The second-order valence-corrected chi connectivity index (χ2v) is 7.21. The summed E-state index contributed by atoms with van der Waals surface area (Å²) in [6, 6.07) is 12.0. The van der Waals surface area contributed by atoms with E-state index < -0.39 is 29.9 Å². The zero-order valence-corrected chi connectivity index (χ0v) is 16.6. The van der Waals surface area contributed by atoms with E-state index in [-0.39, 0.29) is 25.2 Å². The van der Waals surface area contributed by atoms with Crippen LogP contribution >= 0.6 is 0 Å². The predicted molar refractivity (Wildman–Crippen MR) is 109 cm³/mol. The summed E-state index contributed by atoms with van der Waals surface area (Å²) in [4.78, 5) is 38.5. The average Bonchev–Trinajstić information content (AvgIpc) is 2.72. The summed E-state index contributed by atoms with van der Waals surface area (Å²) in [5, 5.41) is 2.71. The molecule has 1 unspecified atom stereocenters. The number of anilines is 1. The van der Waals surface area contributed by atoms with Crippen molar-refractivity contribution in [2.45, 2.75) is 31.3 Å². The molecule has 7 nitrogen and oxygen atoms in total. The van der Waals surface area contributed by atoms with E-state index in [1.807, 2.05) is 12.1 Å². The van der Waals surface area contributed by atoms with Gasteiger partial charge in [0.05, 0.1) is 7.11 Å². The van der Waals surface area contributed by atoms with E-state index in [2.05, 4.69) is 10.1 Å².